The molecule has 0 N–H and O–H groups in total. The van der Waals surface area contributed by atoms with Crippen molar-refractivity contribution in [2.45, 2.75) is 32.2 Å². The molecule has 3 nitrogen and oxygen atoms in total. The Kier molecular flexibility index (Phi) is 6.49. The van der Waals surface area contributed by atoms with Crippen molar-refractivity contribution < 1.29 is 0 Å². The van der Waals surface area contributed by atoms with Crippen LogP contribution in [0.1, 0.15) is 47.6 Å². The second-order valence-electron chi connectivity index (χ2n) is 9.44. The zero-order valence-electron chi connectivity index (χ0n) is 20.2. The fourth-order valence-electron chi connectivity index (χ4n) is 5.15. The number of aryl methyl sites for hydroxylation is 1. The summed E-state index contributed by atoms with van der Waals surface area (Å²) in [4.78, 5) is 19.7. The summed E-state index contributed by atoms with van der Waals surface area (Å²) in [6.45, 7) is 2.06. The molecule has 0 saturated carbocycles. The molecule has 1 atom stereocenters. The maximum Gasteiger partial charge on any atom is 0.271 e. The van der Waals surface area contributed by atoms with Gasteiger partial charge in [-0.1, -0.05) is 83.1 Å². The van der Waals surface area contributed by atoms with Crippen molar-refractivity contribution in [3.8, 4) is 0 Å². The van der Waals surface area contributed by atoms with Gasteiger partial charge in [0, 0.05) is 10.0 Å². The molecule has 37 heavy (non-hydrogen) atoms. The number of nitrogens with zero attached hydrogens (tertiary/aromatic N) is 2. The van der Waals surface area contributed by atoms with Gasteiger partial charge in [-0.05, 0) is 96.0 Å². The molecule has 1 unspecified atom stereocenters. The second-order valence-corrected chi connectivity index (χ2v) is 11.3. The summed E-state index contributed by atoms with van der Waals surface area (Å²) in [6.07, 6.45) is 7.04. The Morgan fingerprint density at radius 3 is 2.35 bits per heavy atom. The van der Waals surface area contributed by atoms with Crippen LogP contribution >= 0.6 is 34.5 Å². The number of hydrogen-bond acceptors (Lipinski definition) is 3. The first-order chi connectivity index (χ1) is 18.0. The van der Waals surface area contributed by atoms with E-state index in [2.05, 4.69) is 19.1 Å². The maximum atomic E-state index is 13.9. The molecule has 0 amide bonds. The van der Waals surface area contributed by atoms with Gasteiger partial charge in [-0.15, -0.1) is 0 Å². The summed E-state index contributed by atoms with van der Waals surface area (Å²) < 4.78 is 2.57. The van der Waals surface area contributed by atoms with Crippen LogP contribution in [0, 0.1) is 6.92 Å². The number of rotatable bonds is 3. The van der Waals surface area contributed by atoms with Crippen molar-refractivity contribution in [1.29, 1.82) is 0 Å². The minimum atomic E-state index is -0.212. The van der Waals surface area contributed by atoms with E-state index in [1.165, 1.54) is 22.5 Å². The maximum absolute atomic E-state index is 13.9. The lowest BCUT2D eigenvalue weighted by Crippen LogP contribution is -2.39. The molecular formula is C31H24Cl2N2OS. The van der Waals surface area contributed by atoms with E-state index in [0.29, 0.717) is 9.55 Å². The number of halogens is 2. The van der Waals surface area contributed by atoms with E-state index in [0.717, 1.165) is 57.0 Å². The Balaban J connectivity index is 1.58. The number of fused-ring (bicyclic) bond motifs is 1. The Labute approximate surface area is 229 Å². The zero-order valence-corrected chi connectivity index (χ0v) is 22.6. The van der Waals surface area contributed by atoms with Crippen LogP contribution in [-0.4, -0.2) is 4.57 Å². The largest absolute Gasteiger partial charge is 0.272 e. The van der Waals surface area contributed by atoms with Crippen LogP contribution in [0.5, 0.6) is 0 Å². The first-order valence-electron chi connectivity index (χ1n) is 12.3. The first-order valence-corrected chi connectivity index (χ1v) is 13.9. The third-order valence-corrected chi connectivity index (χ3v) is 8.49. The summed E-state index contributed by atoms with van der Waals surface area (Å²) in [5.74, 6) is 0. The second kappa shape index (κ2) is 9.94. The Hall–Kier alpha value is -3.18. The van der Waals surface area contributed by atoms with Gasteiger partial charge in [0.05, 0.1) is 16.3 Å². The van der Waals surface area contributed by atoms with Crippen molar-refractivity contribution in [3.63, 3.8) is 0 Å². The molecule has 3 aromatic carbocycles. The van der Waals surface area contributed by atoms with E-state index in [4.69, 9.17) is 28.2 Å². The van der Waals surface area contributed by atoms with Gasteiger partial charge in [0.15, 0.2) is 4.80 Å². The summed E-state index contributed by atoms with van der Waals surface area (Å²) in [5, 5.41) is 1.40. The molecule has 0 spiro atoms. The number of allylic oxidation sites excluding steroid dienone is 2. The highest BCUT2D eigenvalue weighted by atomic mass is 35.5. The standard InChI is InChI=1S/C31H24Cl2N2OS/c1-19-5-2-3-6-22(19)18-27-30(36)35-29(21-11-15-25(33)16-12-21)26-8-4-7-23(28(26)34-31(35)37-27)17-20-9-13-24(32)14-10-20/h2-3,5-6,9-18,29H,4,7-8H2,1H3/b23-17+,27-18+. The van der Waals surface area contributed by atoms with Crippen molar-refractivity contribution in [2.75, 3.05) is 0 Å². The third-order valence-electron chi connectivity index (χ3n) is 7.00. The van der Waals surface area contributed by atoms with E-state index in [9.17, 15) is 4.79 Å². The van der Waals surface area contributed by atoms with Gasteiger partial charge in [-0.25, -0.2) is 4.99 Å². The van der Waals surface area contributed by atoms with E-state index < -0.39 is 0 Å². The summed E-state index contributed by atoms with van der Waals surface area (Å²) in [5.41, 5.74) is 7.69. The molecule has 184 valence electrons. The Morgan fingerprint density at radius 2 is 1.62 bits per heavy atom. The molecule has 6 rings (SSSR count). The van der Waals surface area contributed by atoms with Crippen LogP contribution in [0.4, 0.5) is 0 Å². The average Bonchev–Trinajstić information content (AvgIpc) is 3.21. The number of hydrogen-bond donors (Lipinski definition) is 0. The van der Waals surface area contributed by atoms with Crippen molar-refractivity contribution in [2.24, 2.45) is 4.99 Å². The summed E-state index contributed by atoms with van der Waals surface area (Å²) >= 11 is 13.8. The van der Waals surface area contributed by atoms with Crippen molar-refractivity contribution in [3.05, 3.63) is 142 Å². The minimum Gasteiger partial charge on any atom is -0.272 e. The normalized spacial score (nSPS) is 18.5. The molecule has 6 heteroatoms. The molecule has 1 aromatic heterocycles. The monoisotopic (exact) mass is 542 g/mol. The zero-order chi connectivity index (χ0) is 25.5. The van der Waals surface area contributed by atoms with Crippen LogP contribution in [-0.2, 0) is 0 Å². The first kappa shape index (κ1) is 24.2. The van der Waals surface area contributed by atoms with Gasteiger partial charge in [-0.3, -0.25) is 9.36 Å². The number of benzene rings is 3. The fourth-order valence-corrected chi connectivity index (χ4v) is 6.40. The molecule has 0 bridgehead atoms. The van der Waals surface area contributed by atoms with Gasteiger partial charge in [-0.2, -0.15) is 0 Å². The van der Waals surface area contributed by atoms with Crippen LogP contribution in [0.25, 0.3) is 12.2 Å². The lowest BCUT2D eigenvalue weighted by atomic mass is 9.84. The lowest BCUT2D eigenvalue weighted by Gasteiger charge is -2.31. The molecule has 2 heterocycles. The quantitative estimate of drug-likeness (QED) is 0.272. The van der Waals surface area contributed by atoms with Crippen molar-refractivity contribution >= 4 is 46.7 Å². The third kappa shape index (κ3) is 4.66. The van der Waals surface area contributed by atoms with E-state index >= 15 is 0 Å². The summed E-state index contributed by atoms with van der Waals surface area (Å²) in [7, 11) is 0. The Morgan fingerprint density at radius 1 is 0.919 bits per heavy atom. The molecule has 2 aliphatic rings. The smallest absolute Gasteiger partial charge is 0.271 e. The van der Waals surface area contributed by atoms with Gasteiger partial charge in [0.1, 0.15) is 0 Å². The highest BCUT2D eigenvalue weighted by Crippen LogP contribution is 2.41. The van der Waals surface area contributed by atoms with Crippen LogP contribution in [0.2, 0.25) is 10.0 Å². The minimum absolute atomic E-state index is 0.00712. The van der Waals surface area contributed by atoms with Crippen molar-refractivity contribution in [1.82, 2.24) is 4.57 Å². The molecule has 1 aliphatic heterocycles. The summed E-state index contributed by atoms with van der Waals surface area (Å²) in [6, 6.07) is 23.6. The van der Waals surface area contributed by atoms with E-state index in [-0.39, 0.29) is 11.6 Å². The highest BCUT2D eigenvalue weighted by molar-refractivity contribution is 7.07. The molecule has 0 saturated heterocycles. The average molecular weight is 544 g/mol. The molecule has 1 aliphatic carbocycles. The van der Waals surface area contributed by atoms with Crippen LogP contribution < -0.4 is 14.9 Å². The van der Waals surface area contributed by atoms with E-state index in [1.807, 2.05) is 77.4 Å². The predicted molar refractivity (Wildman–Crippen MR) is 154 cm³/mol. The molecule has 0 radical (unpaired) electrons. The highest BCUT2D eigenvalue weighted by Gasteiger charge is 2.32. The van der Waals surface area contributed by atoms with Gasteiger partial charge in [0.25, 0.3) is 5.56 Å². The predicted octanol–water partition coefficient (Wildman–Crippen LogP) is 7.10. The van der Waals surface area contributed by atoms with Crippen LogP contribution in [0.3, 0.4) is 0 Å². The topological polar surface area (TPSA) is 34.4 Å². The van der Waals surface area contributed by atoms with Gasteiger partial charge < -0.3 is 0 Å². The van der Waals surface area contributed by atoms with Gasteiger partial charge in [0.2, 0.25) is 0 Å². The van der Waals surface area contributed by atoms with Crippen LogP contribution in [0.15, 0.2) is 99.4 Å². The fraction of sp³-hybridized carbons (Fsp3) is 0.161. The Bertz CT molecular complexity index is 1740. The molecule has 0 fully saturated rings. The molecule has 4 aromatic rings. The lowest BCUT2D eigenvalue weighted by molar-refractivity contribution is 0.553. The molecular weight excluding hydrogens is 519 g/mol. The number of thiazole rings is 1. The van der Waals surface area contributed by atoms with E-state index in [1.54, 1.807) is 0 Å². The number of aromatic nitrogens is 1. The SMILES string of the molecule is Cc1ccccc1/C=c1/sc2n(c1=O)C(c1ccc(Cl)cc1)C1=C(N=2)/C(=C/c2ccc(Cl)cc2)CCC1. The van der Waals surface area contributed by atoms with Gasteiger partial charge >= 0.3 is 0 Å².